The van der Waals surface area contributed by atoms with E-state index >= 15 is 0 Å². The number of rotatable bonds is 2. The van der Waals surface area contributed by atoms with Crippen LogP contribution in [-0.4, -0.2) is 24.6 Å². The fourth-order valence-electron chi connectivity index (χ4n) is 0.723. The highest BCUT2D eigenvalue weighted by molar-refractivity contribution is 5.82. The summed E-state index contributed by atoms with van der Waals surface area (Å²) < 4.78 is 35.3. The minimum absolute atomic E-state index is 0.0834. The van der Waals surface area contributed by atoms with E-state index in [0.717, 1.165) is 0 Å². The Hall–Kier alpha value is -1.29. The first kappa shape index (κ1) is 13.7. The van der Waals surface area contributed by atoms with Crippen molar-refractivity contribution in [3.63, 3.8) is 0 Å². The Bertz CT molecular complexity index is 295. The van der Waals surface area contributed by atoms with Gasteiger partial charge in [-0.15, -0.1) is 0 Å². The maximum absolute atomic E-state index is 11.8. The van der Waals surface area contributed by atoms with Crippen LogP contribution in [0, 0.1) is 5.41 Å². The molecule has 0 spiro atoms. The lowest BCUT2D eigenvalue weighted by molar-refractivity contribution is -0.173. The smallest absolute Gasteiger partial charge is 0.344 e. The van der Waals surface area contributed by atoms with Gasteiger partial charge >= 0.3 is 12.1 Å². The molecule has 0 rings (SSSR count). The Morgan fingerprint density at radius 2 is 1.73 bits per heavy atom. The zero-order chi connectivity index (χ0) is 12.3. The highest BCUT2D eigenvalue weighted by atomic mass is 19.4. The SMILES string of the molecule is CC(C)(C)C(=C=O)CNC(=O)C(F)(F)F. The summed E-state index contributed by atoms with van der Waals surface area (Å²) in [5, 5.41) is 1.62. The van der Waals surface area contributed by atoms with Crippen LogP contribution in [0.1, 0.15) is 20.8 Å². The fraction of sp³-hybridized carbons (Fsp3) is 0.667. The lowest BCUT2D eigenvalue weighted by Crippen LogP contribution is -2.39. The Morgan fingerprint density at radius 1 is 1.27 bits per heavy atom. The van der Waals surface area contributed by atoms with Gasteiger partial charge in [0.1, 0.15) is 5.94 Å². The summed E-state index contributed by atoms with van der Waals surface area (Å²) >= 11 is 0. The molecule has 0 aliphatic carbocycles. The number of carbonyl (C=O) groups is 1. The third kappa shape index (κ3) is 4.65. The topological polar surface area (TPSA) is 46.2 Å². The summed E-state index contributed by atoms with van der Waals surface area (Å²) in [6.07, 6.45) is -4.92. The van der Waals surface area contributed by atoms with Crippen LogP contribution in [0.15, 0.2) is 5.57 Å². The molecule has 0 aromatic rings. The van der Waals surface area contributed by atoms with Crippen LogP contribution in [0.3, 0.4) is 0 Å². The summed E-state index contributed by atoms with van der Waals surface area (Å²) in [6.45, 7) is 4.50. The van der Waals surface area contributed by atoms with Crippen molar-refractivity contribution in [3.05, 3.63) is 5.57 Å². The highest BCUT2D eigenvalue weighted by Gasteiger charge is 2.38. The lowest BCUT2D eigenvalue weighted by atomic mass is 9.87. The molecule has 0 saturated heterocycles. The van der Waals surface area contributed by atoms with E-state index in [2.05, 4.69) is 0 Å². The van der Waals surface area contributed by atoms with Crippen molar-refractivity contribution >= 4 is 11.8 Å². The molecule has 86 valence electrons. The first-order valence-corrected chi connectivity index (χ1v) is 4.18. The standard InChI is InChI=1S/C9H12F3NO2/c1-8(2,3)6(5-14)4-13-7(15)9(10,11)12/h4H2,1-3H3,(H,13,15). The molecule has 6 heteroatoms. The van der Waals surface area contributed by atoms with Gasteiger partial charge in [0.15, 0.2) is 0 Å². The molecule has 0 aliphatic rings. The molecule has 0 heterocycles. The second kappa shape index (κ2) is 4.49. The molecule has 3 nitrogen and oxygen atoms in total. The van der Waals surface area contributed by atoms with Crippen molar-refractivity contribution in [2.45, 2.75) is 26.9 Å². The third-order valence-corrected chi connectivity index (χ3v) is 1.71. The molecular formula is C9H12F3NO2. The first-order chi connectivity index (χ1) is 6.59. The Kier molecular flexibility index (Phi) is 4.10. The van der Waals surface area contributed by atoms with Crippen LogP contribution in [-0.2, 0) is 9.59 Å². The normalized spacial score (nSPS) is 11.9. The molecule has 0 aromatic carbocycles. The van der Waals surface area contributed by atoms with Crippen LogP contribution < -0.4 is 5.32 Å². The second-order valence-corrected chi connectivity index (χ2v) is 4.01. The van der Waals surface area contributed by atoms with E-state index in [0.29, 0.717) is 0 Å². The molecule has 0 fully saturated rings. The average Bonchev–Trinajstić information content (AvgIpc) is 2.00. The number of halogens is 3. The van der Waals surface area contributed by atoms with Crippen molar-refractivity contribution in [1.29, 1.82) is 0 Å². The largest absolute Gasteiger partial charge is 0.471 e. The first-order valence-electron chi connectivity index (χ1n) is 4.18. The number of hydrogen-bond donors (Lipinski definition) is 1. The van der Waals surface area contributed by atoms with Gasteiger partial charge in [-0.05, 0) is 5.41 Å². The van der Waals surface area contributed by atoms with Crippen molar-refractivity contribution in [2.75, 3.05) is 6.54 Å². The van der Waals surface area contributed by atoms with Crippen molar-refractivity contribution in [3.8, 4) is 0 Å². The molecule has 1 amide bonds. The number of amides is 1. The highest BCUT2D eigenvalue weighted by Crippen LogP contribution is 2.22. The minimum Gasteiger partial charge on any atom is -0.344 e. The van der Waals surface area contributed by atoms with Crippen molar-refractivity contribution < 1.29 is 22.8 Å². The summed E-state index contributed by atoms with van der Waals surface area (Å²) in [7, 11) is 0. The molecule has 0 radical (unpaired) electrons. The van der Waals surface area contributed by atoms with Gasteiger partial charge in [-0.1, -0.05) is 20.8 Å². The van der Waals surface area contributed by atoms with Crippen LogP contribution in [0.25, 0.3) is 0 Å². The van der Waals surface area contributed by atoms with Gasteiger partial charge < -0.3 is 5.32 Å². The average molecular weight is 223 g/mol. The molecular weight excluding hydrogens is 211 g/mol. The van der Waals surface area contributed by atoms with Crippen LogP contribution in [0.5, 0.6) is 0 Å². The number of carbonyl (C=O) groups excluding carboxylic acids is 2. The zero-order valence-corrected chi connectivity index (χ0v) is 8.66. The Balaban J connectivity index is 4.41. The molecule has 0 aliphatic heterocycles. The van der Waals surface area contributed by atoms with E-state index in [1.165, 1.54) is 5.94 Å². The van der Waals surface area contributed by atoms with Gasteiger partial charge in [0, 0.05) is 5.57 Å². The van der Waals surface area contributed by atoms with Gasteiger partial charge in [-0.2, -0.15) is 13.2 Å². The second-order valence-electron chi connectivity index (χ2n) is 4.01. The van der Waals surface area contributed by atoms with E-state index in [1.54, 1.807) is 26.1 Å². The van der Waals surface area contributed by atoms with E-state index in [9.17, 15) is 22.8 Å². The fourth-order valence-corrected chi connectivity index (χ4v) is 0.723. The van der Waals surface area contributed by atoms with Crippen LogP contribution >= 0.6 is 0 Å². The quantitative estimate of drug-likeness (QED) is 0.720. The van der Waals surface area contributed by atoms with E-state index in [4.69, 9.17) is 0 Å². The summed E-state index contributed by atoms with van der Waals surface area (Å²) in [5.74, 6) is -0.523. The zero-order valence-electron chi connectivity index (χ0n) is 8.66. The molecule has 0 unspecified atom stereocenters. The molecule has 1 N–H and O–H groups in total. The predicted octanol–water partition coefficient (Wildman–Crippen LogP) is 1.47. The maximum atomic E-state index is 11.8. The maximum Gasteiger partial charge on any atom is 0.471 e. The van der Waals surface area contributed by atoms with Crippen LogP contribution in [0.4, 0.5) is 13.2 Å². The lowest BCUT2D eigenvalue weighted by Gasteiger charge is -2.19. The Labute approximate surface area is 85.3 Å². The molecule has 15 heavy (non-hydrogen) atoms. The molecule has 0 bridgehead atoms. The number of alkyl halides is 3. The number of hydrogen-bond acceptors (Lipinski definition) is 2. The van der Waals surface area contributed by atoms with Gasteiger partial charge in [0.25, 0.3) is 0 Å². The molecule has 0 aromatic heterocycles. The number of nitrogens with one attached hydrogen (secondary N) is 1. The monoisotopic (exact) mass is 223 g/mol. The Morgan fingerprint density at radius 3 is 2.00 bits per heavy atom. The predicted molar refractivity (Wildman–Crippen MR) is 47.7 cm³/mol. The van der Waals surface area contributed by atoms with E-state index in [-0.39, 0.29) is 5.57 Å². The van der Waals surface area contributed by atoms with Crippen LogP contribution in [0.2, 0.25) is 0 Å². The summed E-state index contributed by atoms with van der Waals surface area (Å²) in [6, 6.07) is 0. The third-order valence-electron chi connectivity index (χ3n) is 1.71. The summed E-state index contributed by atoms with van der Waals surface area (Å²) in [5.41, 5.74) is -0.527. The van der Waals surface area contributed by atoms with Gasteiger partial charge in [0.05, 0.1) is 6.54 Å². The molecule has 0 atom stereocenters. The van der Waals surface area contributed by atoms with Gasteiger partial charge in [-0.25, -0.2) is 4.79 Å². The van der Waals surface area contributed by atoms with Gasteiger partial charge in [-0.3, -0.25) is 4.79 Å². The minimum atomic E-state index is -4.92. The van der Waals surface area contributed by atoms with Crippen molar-refractivity contribution in [2.24, 2.45) is 5.41 Å². The van der Waals surface area contributed by atoms with Gasteiger partial charge in [0.2, 0.25) is 0 Å². The van der Waals surface area contributed by atoms with E-state index in [1.807, 2.05) is 0 Å². The van der Waals surface area contributed by atoms with Crippen molar-refractivity contribution in [1.82, 2.24) is 5.32 Å². The van der Waals surface area contributed by atoms with E-state index < -0.39 is 24.0 Å². The summed E-state index contributed by atoms with van der Waals surface area (Å²) in [4.78, 5) is 20.9. The molecule has 0 saturated carbocycles.